The smallest absolute Gasteiger partial charge is 0.284 e. The number of likely N-dealkylation sites (N-methyl/N-ethyl adjacent to an activating group) is 1. The van der Waals surface area contributed by atoms with Gasteiger partial charge >= 0.3 is 0 Å². The summed E-state index contributed by atoms with van der Waals surface area (Å²) in [5.41, 5.74) is -0.228. The van der Waals surface area contributed by atoms with Crippen LogP contribution in [0.15, 0.2) is 54.2 Å². The van der Waals surface area contributed by atoms with E-state index in [-0.39, 0.29) is 64.1 Å². The summed E-state index contributed by atoms with van der Waals surface area (Å²) >= 11 is 6.81. The van der Waals surface area contributed by atoms with Crippen molar-refractivity contribution in [1.82, 2.24) is 24.4 Å². The summed E-state index contributed by atoms with van der Waals surface area (Å²) in [5, 5.41) is 11.1. The second-order valence-electron chi connectivity index (χ2n) is 12.3. The standard InChI is InChI=1S/C32H31ClFN7O4/c1-7-23(43)39-13-16(2)40-21(14-39)30(44)38(6)27-26(40)17-11-19(33)25(24-20(34)9-8-10-22(24)42)37-28(17)41(31(27)45)29-18(32(3,4)5)12-35-15-36-29/h7-12,15-16,21,42H,1,13-14H2,2-6H3/t16-,21+/m0/s1. The second-order valence-corrected chi connectivity index (χ2v) is 12.7. The van der Waals surface area contributed by atoms with Crippen molar-refractivity contribution in [3.8, 4) is 22.8 Å². The number of aromatic hydroxyl groups is 1. The number of benzene rings is 1. The van der Waals surface area contributed by atoms with Gasteiger partial charge in [-0.15, -0.1) is 0 Å². The number of hydrogen-bond acceptors (Lipinski definition) is 8. The zero-order valence-electron chi connectivity index (χ0n) is 25.4. The van der Waals surface area contributed by atoms with Crippen molar-refractivity contribution in [2.75, 3.05) is 29.9 Å². The van der Waals surface area contributed by atoms with Crippen LogP contribution in [0.2, 0.25) is 5.02 Å². The predicted octanol–water partition coefficient (Wildman–Crippen LogP) is 4.21. The maximum Gasteiger partial charge on any atom is 0.284 e. The summed E-state index contributed by atoms with van der Waals surface area (Å²) in [5.74, 6) is -1.58. The summed E-state index contributed by atoms with van der Waals surface area (Å²) in [4.78, 5) is 59.4. The van der Waals surface area contributed by atoms with Gasteiger partial charge in [0.1, 0.15) is 35.4 Å². The summed E-state index contributed by atoms with van der Waals surface area (Å²) in [6.45, 7) is 11.6. The first-order valence-electron chi connectivity index (χ1n) is 14.3. The molecule has 6 rings (SSSR count). The van der Waals surface area contributed by atoms with E-state index in [2.05, 4.69) is 16.5 Å². The Labute approximate surface area is 263 Å². The molecule has 232 valence electrons. The molecule has 45 heavy (non-hydrogen) atoms. The van der Waals surface area contributed by atoms with Crippen molar-refractivity contribution in [3.63, 3.8) is 0 Å². The number of carbonyl (C=O) groups is 2. The molecule has 3 aromatic heterocycles. The third-order valence-corrected chi connectivity index (χ3v) is 8.66. The normalized spacial score (nSPS) is 18.2. The molecule has 4 aromatic rings. The molecule has 0 unspecified atom stereocenters. The highest BCUT2D eigenvalue weighted by Crippen LogP contribution is 2.45. The molecule has 0 aliphatic carbocycles. The third-order valence-electron chi connectivity index (χ3n) is 8.38. The largest absolute Gasteiger partial charge is 0.507 e. The molecule has 11 nitrogen and oxygen atoms in total. The van der Waals surface area contributed by atoms with Gasteiger partial charge in [-0.3, -0.25) is 14.4 Å². The molecule has 0 radical (unpaired) electrons. The van der Waals surface area contributed by atoms with Crippen LogP contribution in [0.1, 0.15) is 33.3 Å². The van der Waals surface area contributed by atoms with Crippen molar-refractivity contribution in [2.24, 2.45) is 0 Å². The van der Waals surface area contributed by atoms with Crippen LogP contribution in [0.5, 0.6) is 5.75 Å². The molecular weight excluding hydrogens is 601 g/mol. The molecule has 1 aromatic carbocycles. The first-order valence-corrected chi connectivity index (χ1v) is 14.7. The minimum absolute atomic E-state index is 0.0123. The van der Waals surface area contributed by atoms with Crippen LogP contribution in [0.25, 0.3) is 28.1 Å². The zero-order chi connectivity index (χ0) is 32.5. The lowest BCUT2D eigenvalue weighted by Gasteiger charge is -2.50. The number of piperazine rings is 1. The maximum atomic E-state index is 15.2. The van der Waals surface area contributed by atoms with E-state index in [1.165, 1.54) is 47.1 Å². The molecule has 0 spiro atoms. The molecule has 1 N–H and O–H groups in total. The minimum Gasteiger partial charge on any atom is -0.507 e. The molecule has 1 saturated heterocycles. The van der Waals surface area contributed by atoms with E-state index in [0.717, 1.165) is 0 Å². The minimum atomic E-state index is -0.813. The number of phenolic OH excluding ortho intramolecular Hbond substituents is 1. The van der Waals surface area contributed by atoms with E-state index >= 15 is 4.39 Å². The fourth-order valence-electron chi connectivity index (χ4n) is 6.27. The summed E-state index contributed by atoms with van der Waals surface area (Å²) in [7, 11) is 1.51. The van der Waals surface area contributed by atoms with E-state index < -0.39 is 28.9 Å². The molecule has 2 aliphatic rings. The topological polar surface area (TPSA) is 125 Å². The molecule has 2 atom stereocenters. The lowest BCUT2D eigenvalue weighted by molar-refractivity contribution is -0.129. The number of fused-ring (bicyclic) bond motifs is 5. The molecule has 0 saturated carbocycles. The Morgan fingerprint density at radius 2 is 1.93 bits per heavy atom. The van der Waals surface area contributed by atoms with Crippen LogP contribution >= 0.6 is 11.6 Å². The monoisotopic (exact) mass is 631 g/mol. The highest BCUT2D eigenvalue weighted by molar-refractivity contribution is 6.34. The van der Waals surface area contributed by atoms with Crippen LogP contribution in [-0.2, 0) is 15.0 Å². The average molecular weight is 632 g/mol. The Kier molecular flexibility index (Phi) is 7.15. The number of rotatable bonds is 3. The number of carbonyl (C=O) groups excluding carboxylic acids is 2. The number of phenols is 1. The van der Waals surface area contributed by atoms with Gasteiger partial charge in [0.25, 0.3) is 11.5 Å². The molecule has 2 aliphatic heterocycles. The van der Waals surface area contributed by atoms with Crippen molar-refractivity contribution in [2.45, 2.75) is 45.2 Å². The molecular formula is C32H31ClFN7O4. The van der Waals surface area contributed by atoms with Crippen LogP contribution in [0, 0.1) is 5.82 Å². The number of anilines is 2. The quantitative estimate of drug-likeness (QED) is 0.334. The van der Waals surface area contributed by atoms with Gasteiger partial charge in [-0.25, -0.2) is 23.9 Å². The van der Waals surface area contributed by atoms with Crippen molar-refractivity contribution >= 4 is 45.8 Å². The average Bonchev–Trinajstić information content (AvgIpc) is 2.99. The van der Waals surface area contributed by atoms with Crippen LogP contribution in [-0.4, -0.2) is 73.6 Å². The Morgan fingerprint density at radius 1 is 1.20 bits per heavy atom. The fourth-order valence-corrected chi connectivity index (χ4v) is 6.52. The van der Waals surface area contributed by atoms with Gasteiger partial charge in [0.2, 0.25) is 5.91 Å². The van der Waals surface area contributed by atoms with E-state index in [4.69, 9.17) is 16.6 Å². The van der Waals surface area contributed by atoms with E-state index in [1.54, 1.807) is 17.2 Å². The van der Waals surface area contributed by atoms with Crippen molar-refractivity contribution in [3.05, 3.63) is 76.2 Å². The number of halogens is 2. The maximum absolute atomic E-state index is 15.2. The number of pyridine rings is 2. The number of aromatic nitrogens is 4. The number of amides is 2. The van der Waals surface area contributed by atoms with Gasteiger partial charge in [-0.1, -0.05) is 45.0 Å². The Bertz CT molecular complexity index is 1970. The third kappa shape index (κ3) is 4.62. The van der Waals surface area contributed by atoms with Gasteiger partial charge in [-0.05, 0) is 36.6 Å². The first kappa shape index (κ1) is 30.2. The van der Waals surface area contributed by atoms with Gasteiger partial charge in [0.15, 0.2) is 5.65 Å². The molecule has 2 amide bonds. The van der Waals surface area contributed by atoms with E-state index in [1.807, 2.05) is 32.6 Å². The zero-order valence-corrected chi connectivity index (χ0v) is 26.1. The second kappa shape index (κ2) is 10.7. The summed E-state index contributed by atoms with van der Waals surface area (Å²) in [6, 6.07) is 4.20. The molecule has 1 fully saturated rings. The van der Waals surface area contributed by atoms with Crippen LogP contribution < -0.4 is 15.4 Å². The Balaban J connectivity index is 1.76. The predicted molar refractivity (Wildman–Crippen MR) is 170 cm³/mol. The number of hydrogen-bond donors (Lipinski definition) is 1. The van der Waals surface area contributed by atoms with Crippen LogP contribution in [0.4, 0.5) is 15.8 Å². The number of nitrogens with zero attached hydrogens (tertiary/aromatic N) is 7. The highest BCUT2D eigenvalue weighted by atomic mass is 35.5. The summed E-state index contributed by atoms with van der Waals surface area (Å²) < 4.78 is 16.5. The van der Waals surface area contributed by atoms with Crippen molar-refractivity contribution in [1.29, 1.82) is 0 Å². The van der Waals surface area contributed by atoms with E-state index in [0.29, 0.717) is 16.6 Å². The van der Waals surface area contributed by atoms with E-state index in [9.17, 15) is 19.5 Å². The van der Waals surface area contributed by atoms with Crippen molar-refractivity contribution < 1.29 is 19.1 Å². The lowest BCUT2D eigenvalue weighted by Crippen LogP contribution is -2.66. The molecule has 13 heteroatoms. The summed E-state index contributed by atoms with van der Waals surface area (Å²) in [6.07, 6.45) is 4.13. The van der Waals surface area contributed by atoms with Gasteiger partial charge in [0.05, 0.1) is 28.5 Å². The molecule has 0 bridgehead atoms. The lowest BCUT2D eigenvalue weighted by atomic mass is 9.88. The molecule has 5 heterocycles. The van der Waals surface area contributed by atoms with Crippen LogP contribution in [0.3, 0.4) is 0 Å². The van der Waals surface area contributed by atoms with Gasteiger partial charge < -0.3 is 19.8 Å². The Morgan fingerprint density at radius 3 is 2.60 bits per heavy atom. The fraction of sp³-hybridized carbons (Fsp3) is 0.312. The van der Waals surface area contributed by atoms with Gasteiger partial charge in [0, 0.05) is 36.8 Å². The highest BCUT2D eigenvalue weighted by Gasteiger charge is 2.47. The first-order chi connectivity index (χ1) is 21.3. The SMILES string of the molecule is C=CC(=O)N1C[C@@H]2C(=O)N(C)c3c(c4cc(Cl)c(-c5c(O)cccc5F)nc4n(-c4ncncc4C(C)(C)C)c3=O)N2[C@@H](C)C1. The Hall–Kier alpha value is -4.84. The van der Waals surface area contributed by atoms with Gasteiger partial charge in [-0.2, -0.15) is 0 Å².